The molecule has 1 unspecified atom stereocenters. The summed E-state index contributed by atoms with van der Waals surface area (Å²) >= 11 is 0. The lowest BCUT2D eigenvalue weighted by atomic mass is 10.0. The van der Waals surface area contributed by atoms with Crippen molar-refractivity contribution in [1.29, 1.82) is 0 Å². The lowest BCUT2D eigenvalue weighted by molar-refractivity contribution is -0.122. The average Bonchev–Trinajstić information content (AvgIpc) is 3.09. The van der Waals surface area contributed by atoms with E-state index in [1.807, 2.05) is 68.4 Å². The van der Waals surface area contributed by atoms with E-state index in [4.69, 9.17) is 4.52 Å². The maximum absolute atomic E-state index is 12.2. The van der Waals surface area contributed by atoms with E-state index in [0.29, 0.717) is 11.7 Å². The first-order chi connectivity index (χ1) is 11.6. The first-order valence-corrected chi connectivity index (χ1v) is 7.86. The van der Waals surface area contributed by atoms with Crippen LogP contribution in [0.2, 0.25) is 0 Å². The normalized spacial score (nSPS) is 11.9. The summed E-state index contributed by atoms with van der Waals surface area (Å²) in [6, 6.07) is 17.5. The fourth-order valence-corrected chi connectivity index (χ4v) is 2.35. The van der Waals surface area contributed by atoms with E-state index in [0.717, 1.165) is 11.1 Å². The van der Waals surface area contributed by atoms with E-state index in [-0.39, 0.29) is 18.4 Å². The molecule has 122 valence electrons. The van der Waals surface area contributed by atoms with E-state index in [9.17, 15) is 4.79 Å². The number of rotatable bonds is 5. The summed E-state index contributed by atoms with van der Waals surface area (Å²) in [5.74, 6) is 0.618. The summed E-state index contributed by atoms with van der Waals surface area (Å²) in [5, 5.41) is 6.77. The molecule has 1 aromatic heterocycles. The third-order valence-electron chi connectivity index (χ3n) is 3.88. The highest BCUT2D eigenvalue weighted by molar-refractivity contribution is 5.83. The van der Waals surface area contributed by atoms with Crippen molar-refractivity contribution in [1.82, 2.24) is 15.5 Å². The van der Waals surface area contributed by atoms with Crippen LogP contribution < -0.4 is 5.32 Å². The molecule has 0 saturated carbocycles. The molecule has 0 bridgehead atoms. The molecule has 3 rings (SSSR count). The van der Waals surface area contributed by atoms with E-state index < -0.39 is 0 Å². The smallest absolute Gasteiger partial charge is 0.257 e. The molecule has 5 nitrogen and oxygen atoms in total. The lowest BCUT2D eigenvalue weighted by Gasteiger charge is -2.11. The summed E-state index contributed by atoms with van der Waals surface area (Å²) in [6.07, 6.45) is 0. The maximum Gasteiger partial charge on any atom is 0.257 e. The van der Waals surface area contributed by atoms with Crippen LogP contribution in [0.1, 0.15) is 29.8 Å². The molecule has 1 N–H and O–H groups in total. The molecule has 24 heavy (non-hydrogen) atoms. The highest BCUT2D eigenvalue weighted by Crippen LogP contribution is 2.18. The van der Waals surface area contributed by atoms with E-state index in [1.54, 1.807) is 0 Å². The number of nitrogens with zero attached hydrogens (tertiary/aromatic N) is 2. The molecule has 0 fully saturated rings. The van der Waals surface area contributed by atoms with Gasteiger partial charge in [0.25, 0.3) is 5.89 Å². The summed E-state index contributed by atoms with van der Waals surface area (Å²) in [5.41, 5.74) is 3.01. The monoisotopic (exact) mass is 321 g/mol. The number of carbonyl (C=O) groups is 1. The molecular weight excluding hydrogens is 302 g/mol. The summed E-state index contributed by atoms with van der Waals surface area (Å²) in [4.78, 5) is 16.6. The topological polar surface area (TPSA) is 68.0 Å². The van der Waals surface area contributed by atoms with Crippen LogP contribution in [-0.4, -0.2) is 16.0 Å². The van der Waals surface area contributed by atoms with E-state index >= 15 is 0 Å². The zero-order valence-corrected chi connectivity index (χ0v) is 13.7. The van der Waals surface area contributed by atoms with Crippen LogP contribution in [0, 0.1) is 6.92 Å². The van der Waals surface area contributed by atoms with Crippen molar-refractivity contribution in [2.24, 2.45) is 0 Å². The largest absolute Gasteiger partial charge is 0.348 e. The Kier molecular flexibility index (Phi) is 4.70. The van der Waals surface area contributed by atoms with Gasteiger partial charge in [-0.15, -0.1) is 0 Å². The van der Waals surface area contributed by atoms with Gasteiger partial charge < -0.3 is 9.84 Å². The van der Waals surface area contributed by atoms with Gasteiger partial charge in [-0.1, -0.05) is 53.2 Å². The Morgan fingerprint density at radius 1 is 1.12 bits per heavy atom. The third-order valence-corrected chi connectivity index (χ3v) is 3.88. The van der Waals surface area contributed by atoms with Crippen LogP contribution in [0.3, 0.4) is 0 Å². The Balaban J connectivity index is 1.61. The fourth-order valence-electron chi connectivity index (χ4n) is 2.35. The van der Waals surface area contributed by atoms with Crippen molar-refractivity contribution in [2.45, 2.75) is 26.3 Å². The van der Waals surface area contributed by atoms with Gasteiger partial charge in [0.05, 0.1) is 12.5 Å². The quantitative estimate of drug-likeness (QED) is 0.781. The molecule has 1 amide bonds. The van der Waals surface area contributed by atoms with Crippen LogP contribution in [0.15, 0.2) is 59.1 Å². The number of aromatic nitrogens is 2. The van der Waals surface area contributed by atoms with Crippen LogP contribution in [0.4, 0.5) is 0 Å². The number of nitrogens with one attached hydrogen (secondary N) is 1. The van der Waals surface area contributed by atoms with Crippen molar-refractivity contribution in [3.63, 3.8) is 0 Å². The van der Waals surface area contributed by atoms with Gasteiger partial charge in [0.1, 0.15) is 0 Å². The average molecular weight is 321 g/mol. The fraction of sp³-hybridized carbons (Fsp3) is 0.211. The molecule has 0 radical (unpaired) electrons. The first-order valence-electron chi connectivity index (χ1n) is 7.86. The van der Waals surface area contributed by atoms with Crippen LogP contribution in [-0.2, 0) is 11.3 Å². The molecule has 2 aromatic carbocycles. The predicted molar refractivity (Wildman–Crippen MR) is 91.2 cm³/mol. The Morgan fingerprint density at radius 2 is 1.83 bits per heavy atom. The van der Waals surface area contributed by atoms with E-state index in [2.05, 4.69) is 15.5 Å². The predicted octanol–water partition coefficient (Wildman–Crippen LogP) is 3.46. The van der Waals surface area contributed by atoms with E-state index in [1.165, 1.54) is 5.56 Å². The first kappa shape index (κ1) is 15.9. The van der Waals surface area contributed by atoms with Gasteiger partial charge in [0.2, 0.25) is 5.91 Å². The summed E-state index contributed by atoms with van der Waals surface area (Å²) < 4.78 is 5.26. The van der Waals surface area contributed by atoms with Crippen LogP contribution in [0.5, 0.6) is 0 Å². The highest BCUT2D eigenvalue weighted by atomic mass is 16.5. The van der Waals surface area contributed by atoms with Crippen LogP contribution >= 0.6 is 0 Å². The standard InChI is InChI=1S/C19H19N3O2/c1-13-8-10-16(11-9-13)19-21-17(22-24-19)12-20-18(23)14(2)15-6-4-3-5-7-15/h3-11,14H,12H2,1-2H3,(H,20,23). The number of carbonyl (C=O) groups excluding carboxylic acids is 1. The number of hydrogen-bond acceptors (Lipinski definition) is 4. The zero-order valence-electron chi connectivity index (χ0n) is 13.7. The number of amides is 1. The molecule has 1 heterocycles. The summed E-state index contributed by atoms with van der Waals surface area (Å²) in [6.45, 7) is 4.14. The molecule has 0 aliphatic heterocycles. The van der Waals surface area contributed by atoms with Gasteiger partial charge in [0.15, 0.2) is 5.82 Å². The Bertz CT molecular complexity index is 810. The minimum atomic E-state index is -0.227. The van der Waals surface area contributed by atoms with Gasteiger partial charge >= 0.3 is 0 Å². The van der Waals surface area contributed by atoms with Crippen LogP contribution in [0.25, 0.3) is 11.5 Å². The molecule has 3 aromatic rings. The van der Waals surface area contributed by atoms with Gasteiger partial charge in [-0.3, -0.25) is 4.79 Å². The third kappa shape index (κ3) is 3.68. The summed E-state index contributed by atoms with van der Waals surface area (Å²) in [7, 11) is 0. The highest BCUT2D eigenvalue weighted by Gasteiger charge is 2.16. The SMILES string of the molecule is Cc1ccc(-c2nc(CNC(=O)C(C)c3ccccc3)no2)cc1. The Hall–Kier alpha value is -2.95. The van der Waals surface area contributed by atoms with Crippen molar-refractivity contribution in [3.8, 4) is 11.5 Å². The number of hydrogen-bond donors (Lipinski definition) is 1. The maximum atomic E-state index is 12.2. The second kappa shape index (κ2) is 7.08. The van der Waals surface area contributed by atoms with Gasteiger partial charge in [-0.2, -0.15) is 4.98 Å². The second-order valence-electron chi connectivity index (χ2n) is 5.73. The van der Waals surface area contributed by atoms with Gasteiger partial charge in [-0.05, 0) is 31.5 Å². The Labute approximate surface area is 140 Å². The lowest BCUT2D eigenvalue weighted by Crippen LogP contribution is -2.27. The van der Waals surface area contributed by atoms with Crippen molar-refractivity contribution in [3.05, 3.63) is 71.5 Å². The minimum Gasteiger partial charge on any atom is -0.348 e. The van der Waals surface area contributed by atoms with Crippen molar-refractivity contribution < 1.29 is 9.32 Å². The number of aryl methyl sites for hydroxylation is 1. The van der Waals surface area contributed by atoms with Crippen molar-refractivity contribution in [2.75, 3.05) is 0 Å². The molecule has 0 saturated heterocycles. The zero-order chi connectivity index (χ0) is 16.9. The number of benzene rings is 2. The molecule has 0 spiro atoms. The van der Waals surface area contributed by atoms with Gasteiger partial charge in [-0.25, -0.2) is 0 Å². The molecule has 0 aliphatic rings. The molecule has 0 aliphatic carbocycles. The molecular formula is C19H19N3O2. The molecule has 1 atom stereocenters. The molecule has 5 heteroatoms. The minimum absolute atomic E-state index is 0.0668. The second-order valence-corrected chi connectivity index (χ2v) is 5.73. The van der Waals surface area contributed by atoms with Gasteiger partial charge in [0, 0.05) is 5.56 Å². The Morgan fingerprint density at radius 3 is 2.54 bits per heavy atom. The van der Waals surface area contributed by atoms with Crippen molar-refractivity contribution >= 4 is 5.91 Å².